The maximum Gasteiger partial charge on any atom is 0.433 e. The van der Waals surface area contributed by atoms with Crippen LogP contribution in [-0.4, -0.2) is 31.6 Å². The highest BCUT2D eigenvalue weighted by Gasteiger charge is 2.38. The van der Waals surface area contributed by atoms with E-state index < -0.39 is 17.4 Å². The summed E-state index contributed by atoms with van der Waals surface area (Å²) in [4.78, 5) is 31.0. The number of halogens is 3. The van der Waals surface area contributed by atoms with Crippen LogP contribution in [0.25, 0.3) is 4.96 Å². The van der Waals surface area contributed by atoms with Crippen LogP contribution >= 0.6 is 11.3 Å². The van der Waals surface area contributed by atoms with Crippen LogP contribution in [0.1, 0.15) is 76.9 Å². The summed E-state index contributed by atoms with van der Waals surface area (Å²) >= 11 is 1.26. The molecule has 0 radical (unpaired) electrons. The number of nitrogens with zero attached hydrogens (tertiary/aromatic N) is 4. The smallest absolute Gasteiger partial charge is 0.351 e. The van der Waals surface area contributed by atoms with Crippen LogP contribution in [0, 0.1) is 0 Å². The zero-order chi connectivity index (χ0) is 21.9. The molecule has 0 aliphatic heterocycles. The van der Waals surface area contributed by atoms with Gasteiger partial charge in [0.2, 0.25) is 0 Å². The number of thiazole rings is 1. The fraction of sp³-hybridized carbons (Fsp3) is 0.500. The van der Waals surface area contributed by atoms with Gasteiger partial charge >= 0.3 is 6.18 Å². The Morgan fingerprint density at radius 2 is 1.94 bits per heavy atom. The Balaban J connectivity index is 1.57. The van der Waals surface area contributed by atoms with Crippen molar-refractivity contribution in [2.45, 2.75) is 57.2 Å². The van der Waals surface area contributed by atoms with Crippen molar-refractivity contribution in [3.05, 3.63) is 50.1 Å². The predicted molar refractivity (Wildman–Crippen MR) is 108 cm³/mol. The molecule has 2 fully saturated rings. The zero-order valence-electron chi connectivity index (χ0n) is 16.7. The first-order valence-electron chi connectivity index (χ1n) is 10.2. The molecule has 2 aliphatic carbocycles. The second-order valence-electron chi connectivity index (χ2n) is 8.04. The summed E-state index contributed by atoms with van der Waals surface area (Å²) in [6.45, 7) is 1.95. The summed E-state index contributed by atoms with van der Waals surface area (Å²) in [7, 11) is 0. The molecule has 31 heavy (non-hydrogen) atoms. The number of hydrogen-bond donors (Lipinski definition) is 1. The third-order valence-electron chi connectivity index (χ3n) is 5.50. The fourth-order valence-corrected chi connectivity index (χ4v) is 5.03. The maximum absolute atomic E-state index is 13.5. The van der Waals surface area contributed by atoms with Gasteiger partial charge in [-0.05, 0) is 44.6 Å². The second-order valence-corrected chi connectivity index (χ2v) is 9.05. The van der Waals surface area contributed by atoms with E-state index in [1.165, 1.54) is 21.8 Å². The van der Waals surface area contributed by atoms with Gasteiger partial charge in [-0.1, -0.05) is 0 Å². The van der Waals surface area contributed by atoms with Crippen molar-refractivity contribution in [2.75, 3.05) is 6.54 Å². The van der Waals surface area contributed by atoms with E-state index in [9.17, 15) is 22.8 Å². The minimum Gasteiger partial charge on any atom is -0.351 e. The molecule has 0 spiro atoms. The van der Waals surface area contributed by atoms with Crippen molar-refractivity contribution in [2.24, 2.45) is 0 Å². The quantitative estimate of drug-likeness (QED) is 0.622. The molecule has 0 saturated heterocycles. The molecule has 11 heteroatoms. The highest BCUT2D eigenvalue weighted by Crippen LogP contribution is 2.45. The predicted octanol–water partition coefficient (Wildman–Crippen LogP) is 3.52. The lowest BCUT2D eigenvalue weighted by Gasteiger charge is -2.10. The molecule has 1 amide bonds. The molecule has 164 valence electrons. The third kappa shape index (κ3) is 3.75. The summed E-state index contributed by atoms with van der Waals surface area (Å²) in [6, 6.07) is 2.28. The first kappa shape index (κ1) is 20.2. The van der Waals surface area contributed by atoms with Crippen molar-refractivity contribution in [1.29, 1.82) is 0 Å². The second kappa shape index (κ2) is 7.18. The van der Waals surface area contributed by atoms with Crippen LogP contribution < -0.4 is 10.9 Å². The SMILES string of the molecule is CCNC(=O)c1c(C2CC2)sc2nc(Cn3nc(C4CC4)cc3C(F)(F)F)cc(=O)n12. The van der Waals surface area contributed by atoms with Crippen LogP contribution in [0.3, 0.4) is 0 Å². The molecule has 0 aromatic carbocycles. The largest absolute Gasteiger partial charge is 0.433 e. The van der Waals surface area contributed by atoms with Gasteiger partial charge in [-0.3, -0.25) is 14.3 Å². The Bertz CT molecular complexity index is 1230. The monoisotopic (exact) mass is 451 g/mol. The molecule has 1 N–H and O–H groups in total. The van der Waals surface area contributed by atoms with E-state index in [2.05, 4.69) is 15.4 Å². The number of nitrogens with one attached hydrogen (secondary N) is 1. The van der Waals surface area contributed by atoms with Crippen LogP contribution in [0.15, 0.2) is 16.9 Å². The topological polar surface area (TPSA) is 81.3 Å². The maximum atomic E-state index is 13.5. The number of carbonyl (C=O) groups is 1. The van der Waals surface area contributed by atoms with E-state index in [0.717, 1.165) is 41.3 Å². The summed E-state index contributed by atoms with van der Waals surface area (Å²) in [5.74, 6) is -0.0505. The molecule has 3 aromatic heterocycles. The van der Waals surface area contributed by atoms with Gasteiger partial charge in [-0.2, -0.15) is 18.3 Å². The van der Waals surface area contributed by atoms with E-state index in [0.29, 0.717) is 22.9 Å². The van der Waals surface area contributed by atoms with Crippen LogP contribution in [-0.2, 0) is 12.7 Å². The normalized spacial score (nSPS) is 16.8. The molecule has 5 rings (SSSR count). The lowest BCUT2D eigenvalue weighted by molar-refractivity contribution is -0.144. The van der Waals surface area contributed by atoms with E-state index in [4.69, 9.17) is 0 Å². The molecule has 2 aliphatic rings. The van der Waals surface area contributed by atoms with Crippen LogP contribution in [0.4, 0.5) is 13.2 Å². The van der Waals surface area contributed by atoms with Gasteiger partial charge in [0.1, 0.15) is 11.4 Å². The van der Waals surface area contributed by atoms with E-state index in [-0.39, 0.29) is 30.0 Å². The summed E-state index contributed by atoms with van der Waals surface area (Å²) in [6.07, 6.45) is -1.00. The van der Waals surface area contributed by atoms with Gasteiger partial charge in [0.25, 0.3) is 11.5 Å². The molecule has 7 nitrogen and oxygen atoms in total. The van der Waals surface area contributed by atoms with Gasteiger partial charge in [-0.15, -0.1) is 11.3 Å². The molecule has 0 unspecified atom stereocenters. The zero-order valence-corrected chi connectivity index (χ0v) is 17.5. The van der Waals surface area contributed by atoms with E-state index in [1.807, 2.05) is 0 Å². The minimum atomic E-state index is -4.55. The van der Waals surface area contributed by atoms with Gasteiger partial charge in [0.15, 0.2) is 4.96 Å². The fourth-order valence-electron chi connectivity index (χ4n) is 3.72. The third-order valence-corrected chi connectivity index (χ3v) is 6.70. The molecule has 2 saturated carbocycles. The van der Waals surface area contributed by atoms with Crippen molar-refractivity contribution < 1.29 is 18.0 Å². The van der Waals surface area contributed by atoms with Gasteiger partial charge in [0.05, 0.1) is 17.9 Å². The summed E-state index contributed by atoms with van der Waals surface area (Å²) in [5, 5.41) is 6.87. The van der Waals surface area contributed by atoms with Crippen molar-refractivity contribution in [1.82, 2.24) is 24.5 Å². The lowest BCUT2D eigenvalue weighted by Crippen LogP contribution is -2.28. The van der Waals surface area contributed by atoms with Gasteiger partial charge < -0.3 is 5.32 Å². The number of amides is 1. The molecular weight excluding hydrogens is 431 g/mol. The van der Waals surface area contributed by atoms with Crippen molar-refractivity contribution in [3.63, 3.8) is 0 Å². The number of alkyl halides is 3. The number of hydrogen-bond acceptors (Lipinski definition) is 5. The summed E-state index contributed by atoms with van der Waals surface area (Å²) in [5.41, 5.74) is -0.418. The standard InChI is InChI=1S/C20H20F3N5O2S/c1-2-24-18(30)16-17(11-5-6-11)31-19-25-12(7-15(29)28(16)19)9-27-14(20(21,22)23)8-13(26-27)10-3-4-10/h7-8,10-11H,2-6,9H2,1H3,(H,24,30). The minimum absolute atomic E-state index is 0.0708. The van der Waals surface area contributed by atoms with E-state index >= 15 is 0 Å². The first-order valence-corrected chi connectivity index (χ1v) is 11.1. The van der Waals surface area contributed by atoms with Gasteiger partial charge in [-0.25, -0.2) is 9.38 Å². The average Bonchev–Trinajstić information content (AvgIpc) is 3.62. The Hall–Kier alpha value is -2.69. The number of carbonyl (C=O) groups excluding carboxylic acids is 1. The molecule has 3 heterocycles. The Morgan fingerprint density at radius 3 is 2.55 bits per heavy atom. The molecular formula is C20H20F3N5O2S. The Morgan fingerprint density at radius 1 is 1.23 bits per heavy atom. The van der Waals surface area contributed by atoms with Crippen molar-refractivity contribution >= 4 is 22.2 Å². The molecule has 3 aromatic rings. The number of fused-ring (bicyclic) bond motifs is 1. The average molecular weight is 451 g/mol. The van der Waals surface area contributed by atoms with Crippen LogP contribution in [0.2, 0.25) is 0 Å². The summed E-state index contributed by atoms with van der Waals surface area (Å²) < 4.78 is 42.7. The Labute approximate surface area is 178 Å². The highest BCUT2D eigenvalue weighted by atomic mass is 32.1. The van der Waals surface area contributed by atoms with Crippen molar-refractivity contribution in [3.8, 4) is 0 Å². The van der Waals surface area contributed by atoms with Crippen LogP contribution in [0.5, 0.6) is 0 Å². The Kier molecular flexibility index (Phi) is 4.68. The van der Waals surface area contributed by atoms with Gasteiger partial charge in [0, 0.05) is 23.4 Å². The molecule has 0 bridgehead atoms. The lowest BCUT2D eigenvalue weighted by atomic mass is 10.2. The number of aromatic nitrogens is 4. The highest BCUT2D eigenvalue weighted by molar-refractivity contribution is 7.17. The first-order chi connectivity index (χ1) is 14.8. The van der Waals surface area contributed by atoms with E-state index in [1.54, 1.807) is 6.92 Å². The number of rotatable bonds is 6. The molecule has 0 atom stereocenters.